The summed E-state index contributed by atoms with van der Waals surface area (Å²) in [7, 11) is 0. The molecule has 0 saturated carbocycles. The first-order valence-corrected chi connectivity index (χ1v) is 6.89. The molecule has 0 aromatic carbocycles. The summed E-state index contributed by atoms with van der Waals surface area (Å²) < 4.78 is 5.69. The third-order valence-corrected chi connectivity index (χ3v) is 3.94. The normalized spacial score (nSPS) is 26.4. The fourth-order valence-electron chi connectivity index (χ4n) is 2.63. The van der Waals surface area contributed by atoms with Crippen LogP contribution in [0.4, 0.5) is 0 Å². The van der Waals surface area contributed by atoms with Crippen LogP contribution in [0.1, 0.15) is 32.6 Å². The van der Waals surface area contributed by atoms with E-state index in [1.165, 1.54) is 6.42 Å². The molecule has 2 rings (SSSR count). The molecule has 4 nitrogen and oxygen atoms in total. The first-order valence-electron chi connectivity index (χ1n) is 6.89. The molecule has 0 bridgehead atoms. The van der Waals surface area contributed by atoms with Crippen molar-refractivity contribution in [1.82, 2.24) is 10.2 Å². The first-order chi connectivity index (χ1) is 8.29. The summed E-state index contributed by atoms with van der Waals surface area (Å²) in [6, 6.07) is 0. The van der Waals surface area contributed by atoms with E-state index in [-0.39, 0.29) is 18.6 Å². The topological polar surface area (TPSA) is 41.6 Å². The smallest absolute Gasteiger partial charge is 0.248 e. The van der Waals surface area contributed by atoms with Gasteiger partial charge in [0, 0.05) is 13.1 Å². The summed E-state index contributed by atoms with van der Waals surface area (Å²) in [4.78, 5) is 13.9. The summed E-state index contributed by atoms with van der Waals surface area (Å²) in [6.45, 7) is 6.37. The van der Waals surface area contributed by atoms with Gasteiger partial charge in [-0.1, -0.05) is 13.3 Å². The van der Waals surface area contributed by atoms with Gasteiger partial charge in [-0.25, -0.2) is 0 Å². The number of carbonyl (C=O) groups excluding carboxylic acids is 1. The Morgan fingerprint density at radius 2 is 2.12 bits per heavy atom. The van der Waals surface area contributed by atoms with Gasteiger partial charge in [-0.2, -0.15) is 0 Å². The van der Waals surface area contributed by atoms with Gasteiger partial charge in [0.15, 0.2) is 0 Å². The average molecular weight is 240 g/mol. The van der Waals surface area contributed by atoms with Crippen molar-refractivity contribution in [3.63, 3.8) is 0 Å². The molecule has 2 saturated heterocycles. The van der Waals surface area contributed by atoms with Gasteiger partial charge in [-0.15, -0.1) is 0 Å². The Morgan fingerprint density at radius 1 is 1.35 bits per heavy atom. The molecule has 0 radical (unpaired) electrons. The van der Waals surface area contributed by atoms with Crippen LogP contribution in [0.5, 0.6) is 0 Å². The molecule has 0 aliphatic carbocycles. The third-order valence-electron chi connectivity index (χ3n) is 3.94. The van der Waals surface area contributed by atoms with E-state index in [4.69, 9.17) is 4.74 Å². The molecule has 2 fully saturated rings. The zero-order valence-corrected chi connectivity index (χ0v) is 10.8. The fourth-order valence-corrected chi connectivity index (χ4v) is 2.63. The lowest BCUT2D eigenvalue weighted by molar-refractivity contribution is -0.137. The SMILES string of the molecule is CCC1CCN(C(=O)COC2CCNCC2)C1. The van der Waals surface area contributed by atoms with E-state index in [0.717, 1.165) is 45.4 Å². The maximum atomic E-state index is 11.9. The highest BCUT2D eigenvalue weighted by Crippen LogP contribution is 2.19. The second-order valence-electron chi connectivity index (χ2n) is 5.16. The highest BCUT2D eigenvalue weighted by Gasteiger charge is 2.25. The number of likely N-dealkylation sites (tertiary alicyclic amines) is 1. The maximum absolute atomic E-state index is 11.9. The Morgan fingerprint density at radius 3 is 2.76 bits per heavy atom. The molecule has 98 valence electrons. The summed E-state index contributed by atoms with van der Waals surface area (Å²) in [6.07, 6.45) is 4.69. The minimum Gasteiger partial charge on any atom is -0.368 e. The number of hydrogen-bond acceptors (Lipinski definition) is 3. The van der Waals surface area contributed by atoms with E-state index < -0.39 is 0 Å². The summed E-state index contributed by atoms with van der Waals surface area (Å²) in [5.74, 6) is 0.886. The Kier molecular flexibility index (Phi) is 4.80. The summed E-state index contributed by atoms with van der Waals surface area (Å²) in [5.41, 5.74) is 0. The van der Waals surface area contributed by atoms with Crippen molar-refractivity contribution in [2.75, 3.05) is 32.8 Å². The molecule has 17 heavy (non-hydrogen) atoms. The van der Waals surface area contributed by atoms with Gasteiger partial charge in [0.05, 0.1) is 6.10 Å². The van der Waals surface area contributed by atoms with Crippen LogP contribution in [0.25, 0.3) is 0 Å². The number of hydrogen-bond donors (Lipinski definition) is 1. The van der Waals surface area contributed by atoms with Crippen LogP contribution in [0.3, 0.4) is 0 Å². The molecule has 1 unspecified atom stereocenters. The quantitative estimate of drug-likeness (QED) is 0.797. The Balaban J connectivity index is 1.66. The van der Waals surface area contributed by atoms with Crippen molar-refractivity contribution in [3.8, 4) is 0 Å². The molecule has 1 N–H and O–H groups in total. The zero-order chi connectivity index (χ0) is 12.1. The molecule has 0 aromatic heterocycles. The zero-order valence-electron chi connectivity index (χ0n) is 10.8. The third kappa shape index (κ3) is 3.68. The molecular formula is C13H24N2O2. The molecule has 2 aliphatic rings. The second kappa shape index (κ2) is 6.36. The fraction of sp³-hybridized carbons (Fsp3) is 0.923. The lowest BCUT2D eigenvalue weighted by Crippen LogP contribution is -2.37. The molecule has 1 amide bonds. The number of nitrogens with zero attached hydrogens (tertiary/aromatic N) is 1. The van der Waals surface area contributed by atoms with Crippen molar-refractivity contribution in [1.29, 1.82) is 0 Å². The Bertz CT molecular complexity index is 252. The Labute approximate surface area is 104 Å². The van der Waals surface area contributed by atoms with Crippen molar-refractivity contribution in [2.24, 2.45) is 5.92 Å². The lowest BCUT2D eigenvalue weighted by Gasteiger charge is -2.24. The van der Waals surface area contributed by atoms with Crippen LogP contribution < -0.4 is 5.32 Å². The molecular weight excluding hydrogens is 216 g/mol. The van der Waals surface area contributed by atoms with Gasteiger partial charge >= 0.3 is 0 Å². The summed E-state index contributed by atoms with van der Waals surface area (Å²) >= 11 is 0. The Hall–Kier alpha value is -0.610. The maximum Gasteiger partial charge on any atom is 0.248 e. The van der Waals surface area contributed by atoms with Crippen LogP contribution in [0.2, 0.25) is 0 Å². The summed E-state index contributed by atoms with van der Waals surface area (Å²) in [5, 5.41) is 3.30. The van der Waals surface area contributed by atoms with Crippen LogP contribution in [0, 0.1) is 5.92 Å². The molecule has 4 heteroatoms. The van der Waals surface area contributed by atoms with Gasteiger partial charge in [-0.05, 0) is 38.3 Å². The van der Waals surface area contributed by atoms with Gasteiger partial charge in [0.2, 0.25) is 5.91 Å². The highest BCUT2D eigenvalue weighted by atomic mass is 16.5. The van der Waals surface area contributed by atoms with Gasteiger partial charge in [0.1, 0.15) is 6.61 Å². The number of rotatable bonds is 4. The first kappa shape index (κ1) is 12.8. The van der Waals surface area contributed by atoms with Crippen molar-refractivity contribution < 1.29 is 9.53 Å². The van der Waals surface area contributed by atoms with Crippen LogP contribution in [-0.2, 0) is 9.53 Å². The van der Waals surface area contributed by atoms with E-state index in [1.807, 2.05) is 4.90 Å². The predicted octanol–water partition coefficient (Wildman–Crippen LogP) is 1.01. The van der Waals surface area contributed by atoms with E-state index in [1.54, 1.807) is 0 Å². The minimum absolute atomic E-state index is 0.180. The largest absolute Gasteiger partial charge is 0.368 e. The van der Waals surface area contributed by atoms with Crippen molar-refractivity contribution in [2.45, 2.75) is 38.7 Å². The number of carbonyl (C=O) groups is 1. The minimum atomic E-state index is 0.180. The van der Waals surface area contributed by atoms with Crippen LogP contribution >= 0.6 is 0 Å². The van der Waals surface area contributed by atoms with Gasteiger partial charge < -0.3 is 15.0 Å². The molecule has 2 aliphatic heterocycles. The molecule has 0 aromatic rings. The second-order valence-corrected chi connectivity index (χ2v) is 5.16. The lowest BCUT2D eigenvalue weighted by atomic mass is 10.1. The number of ether oxygens (including phenoxy) is 1. The number of piperidine rings is 1. The molecule has 1 atom stereocenters. The average Bonchev–Trinajstić information content (AvgIpc) is 2.86. The van der Waals surface area contributed by atoms with E-state index in [2.05, 4.69) is 12.2 Å². The monoisotopic (exact) mass is 240 g/mol. The standard InChI is InChI=1S/C13H24N2O2/c1-2-11-5-8-15(9-11)13(16)10-17-12-3-6-14-7-4-12/h11-12,14H,2-10H2,1H3. The predicted molar refractivity (Wildman–Crippen MR) is 66.8 cm³/mol. The number of amides is 1. The molecule has 0 spiro atoms. The van der Waals surface area contributed by atoms with Gasteiger partial charge in [-0.3, -0.25) is 4.79 Å². The van der Waals surface area contributed by atoms with E-state index >= 15 is 0 Å². The van der Waals surface area contributed by atoms with E-state index in [0.29, 0.717) is 5.92 Å². The van der Waals surface area contributed by atoms with Crippen molar-refractivity contribution in [3.05, 3.63) is 0 Å². The van der Waals surface area contributed by atoms with Crippen molar-refractivity contribution >= 4 is 5.91 Å². The van der Waals surface area contributed by atoms with Crippen LogP contribution in [0.15, 0.2) is 0 Å². The van der Waals surface area contributed by atoms with E-state index in [9.17, 15) is 4.79 Å². The molecule has 2 heterocycles. The number of nitrogens with one attached hydrogen (secondary N) is 1. The highest BCUT2D eigenvalue weighted by molar-refractivity contribution is 5.77. The van der Waals surface area contributed by atoms with Crippen LogP contribution in [-0.4, -0.2) is 49.7 Å². The van der Waals surface area contributed by atoms with Gasteiger partial charge in [0.25, 0.3) is 0 Å².